The van der Waals surface area contributed by atoms with E-state index in [0.717, 1.165) is 34.7 Å². The molecule has 3 rings (SSSR count). The van der Waals surface area contributed by atoms with Crippen molar-refractivity contribution in [3.63, 3.8) is 0 Å². The Balaban J connectivity index is 1.62. The summed E-state index contributed by atoms with van der Waals surface area (Å²) in [7, 11) is -1.38. The predicted octanol–water partition coefficient (Wildman–Crippen LogP) is 2.90. The number of thiocyanates is 1. The molecule has 7 nitrogen and oxygen atoms in total. The molecule has 0 aromatic heterocycles. The number of hydrogen-bond acceptors (Lipinski definition) is 5. The Kier molecular flexibility index (Phi) is 6.56. The molecule has 0 aliphatic carbocycles. The maximum Gasteiger partial charge on any atom is 0.243 e. The van der Waals surface area contributed by atoms with E-state index >= 15 is 0 Å². The minimum atomic E-state index is -1.38. The predicted molar refractivity (Wildman–Crippen MR) is 122 cm³/mol. The van der Waals surface area contributed by atoms with Crippen molar-refractivity contribution in [3.8, 4) is 5.40 Å². The number of hydrogen-bond donors (Lipinski definition) is 2. The van der Waals surface area contributed by atoms with Gasteiger partial charge >= 0.3 is 0 Å². The third-order valence-electron chi connectivity index (χ3n) is 6.00. The first-order valence-corrected chi connectivity index (χ1v) is 12.3. The van der Waals surface area contributed by atoms with Gasteiger partial charge in [0.05, 0.1) is 12.5 Å². The first kappa shape index (κ1) is 22.6. The number of nitrogens with one attached hydrogen (secondary N) is 1. The van der Waals surface area contributed by atoms with Crippen molar-refractivity contribution >= 4 is 32.5 Å². The van der Waals surface area contributed by atoms with E-state index in [1.165, 1.54) is 9.81 Å². The van der Waals surface area contributed by atoms with Crippen molar-refractivity contribution in [1.29, 1.82) is 5.26 Å². The molecule has 1 fully saturated rings. The molecule has 0 radical (unpaired) electrons. The van der Waals surface area contributed by atoms with Gasteiger partial charge in [0.15, 0.2) is 5.78 Å². The Morgan fingerprint density at radius 1 is 1.35 bits per heavy atom. The SMILES string of the molecule is CC1=C(c2ccc(C(C)NC(=O)C3CCCN3C(=O)CC(=O)/C=C\N)cc2)S1(C)C#N. The summed E-state index contributed by atoms with van der Waals surface area (Å²) in [4.78, 5) is 40.8. The first-order valence-electron chi connectivity index (χ1n) is 10.2. The van der Waals surface area contributed by atoms with Crippen LogP contribution in [-0.2, 0) is 14.4 Å². The molecule has 164 valence electrons. The molecule has 31 heavy (non-hydrogen) atoms. The molecule has 3 unspecified atom stereocenters. The Bertz CT molecular complexity index is 1010. The summed E-state index contributed by atoms with van der Waals surface area (Å²) in [5.41, 5.74) is 7.20. The van der Waals surface area contributed by atoms with Gasteiger partial charge in [-0.2, -0.15) is 5.26 Å². The lowest BCUT2D eigenvalue weighted by atomic mass is 10.0. The van der Waals surface area contributed by atoms with Gasteiger partial charge in [0.25, 0.3) is 0 Å². The van der Waals surface area contributed by atoms with Crippen LogP contribution in [0.2, 0.25) is 0 Å². The zero-order valence-corrected chi connectivity index (χ0v) is 18.9. The van der Waals surface area contributed by atoms with Gasteiger partial charge in [-0.05, 0) is 61.3 Å². The molecule has 3 N–H and O–H groups in total. The lowest BCUT2D eigenvalue weighted by Crippen LogP contribution is -2.46. The second-order valence-electron chi connectivity index (χ2n) is 7.99. The number of likely N-dealkylation sites (tertiary alicyclic amines) is 1. The molecular formula is C23H28N4O3S. The number of carbonyl (C=O) groups excluding carboxylic acids is 3. The van der Waals surface area contributed by atoms with E-state index in [1.54, 1.807) is 0 Å². The van der Waals surface area contributed by atoms with E-state index < -0.39 is 16.1 Å². The summed E-state index contributed by atoms with van der Waals surface area (Å²) < 4.78 is 0. The molecule has 3 atom stereocenters. The fourth-order valence-electron chi connectivity index (χ4n) is 4.04. The van der Waals surface area contributed by atoms with E-state index in [0.29, 0.717) is 13.0 Å². The Hall–Kier alpha value is -3.05. The zero-order chi connectivity index (χ0) is 22.8. The van der Waals surface area contributed by atoms with Crippen molar-refractivity contribution in [3.05, 3.63) is 52.6 Å². The molecule has 2 aliphatic rings. The maximum atomic E-state index is 12.8. The van der Waals surface area contributed by atoms with Crippen LogP contribution in [0.5, 0.6) is 0 Å². The Morgan fingerprint density at radius 2 is 2.03 bits per heavy atom. The number of rotatable bonds is 7. The van der Waals surface area contributed by atoms with E-state index in [1.807, 2.05) is 44.4 Å². The molecule has 2 amide bonds. The monoisotopic (exact) mass is 440 g/mol. The molecule has 1 aromatic rings. The number of nitriles is 1. The zero-order valence-electron chi connectivity index (χ0n) is 18.1. The van der Waals surface area contributed by atoms with Crippen LogP contribution in [0.15, 0.2) is 41.4 Å². The summed E-state index contributed by atoms with van der Waals surface area (Å²) in [5, 5.41) is 14.8. The Labute approximate surface area is 184 Å². The van der Waals surface area contributed by atoms with Crippen LogP contribution in [0.1, 0.15) is 50.3 Å². The smallest absolute Gasteiger partial charge is 0.243 e. The normalized spacial score (nSPS) is 25.6. The van der Waals surface area contributed by atoms with Crippen molar-refractivity contribution in [2.75, 3.05) is 12.8 Å². The number of nitrogens with two attached hydrogens (primary N) is 1. The second kappa shape index (κ2) is 8.98. The maximum absolute atomic E-state index is 12.8. The number of amides is 2. The minimum Gasteiger partial charge on any atom is -0.404 e. The van der Waals surface area contributed by atoms with Gasteiger partial charge in [0.2, 0.25) is 11.8 Å². The van der Waals surface area contributed by atoms with Crippen molar-refractivity contribution in [2.45, 2.75) is 45.2 Å². The highest BCUT2D eigenvalue weighted by molar-refractivity contribution is 8.53. The van der Waals surface area contributed by atoms with Crippen LogP contribution >= 0.6 is 10.0 Å². The van der Waals surface area contributed by atoms with E-state index in [-0.39, 0.29) is 30.1 Å². The topological polar surface area (TPSA) is 116 Å². The molecule has 2 heterocycles. The number of allylic oxidation sites excluding steroid dienone is 2. The van der Waals surface area contributed by atoms with Crippen LogP contribution < -0.4 is 11.1 Å². The van der Waals surface area contributed by atoms with Crippen LogP contribution in [0.3, 0.4) is 0 Å². The number of carbonyl (C=O) groups is 3. The summed E-state index contributed by atoms with van der Waals surface area (Å²) >= 11 is 0. The molecule has 0 saturated carbocycles. The van der Waals surface area contributed by atoms with Gasteiger partial charge in [0, 0.05) is 11.4 Å². The van der Waals surface area contributed by atoms with Gasteiger partial charge < -0.3 is 16.0 Å². The molecule has 8 heteroatoms. The third kappa shape index (κ3) is 4.52. The highest BCUT2D eigenvalue weighted by Crippen LogP contribution is 2.78. The van der Waals surface area contributed by atoms with Gasteiger partial charge in [0.1, 0.15) is 11.4 Å². The molecule has 2 aliphatic heterocycles. The molecule has 1 saturated heterocycles. The molecular weight excluding hydrogens is 412 g/mol. The van der Waals surface area contributed by atoms with Crippen molar-refractivity contribution in [2.24, 2.45) is 5.73 Å². The second-order valence-corrected chi connectivity index (χ2v) is 11.0. The summed E-state index contributed by atoms with van der Waals surface area (Å²) in [6.45, 7) is 4.38. The van der Waals surface area contributed by atoms with Gasteiger partial charge in [-0.3, -0.25) is 14.4 Å². The largest absolute Gasteiger partial charge is 0.404 e. The minimum absolute atomic E-state index is 0.216. The van der Waals surface area contributed by atoms with Crippen molar-refractivity contribution in [1.82, 2.24) is 10.2 Å². The van der Waals surface area contributed by atoms with Crippen LogP contribution in [-0.4, -0.2) is 41.3 Å². The van der Waals surface area contributed by atoms with Crippen molar-refractivity contribution < 1.29 is 14.4 Å². The quantitative estimate of drug-likeness (QED) is 0.384. The fraction of sp³-hybridized carbons (Fsp3) is 0.391. The van der Waals surface area contributed by atoms with E-state index in [4.69, 9.17) is 5.73 Å². The lowest BCUT2D eigenvalue weighted by molar-refractivity contribution is -0.140. The van der Waals surface area contributed by atoms with Crippen LogP contribution in [0.25, 0.3) is 4.91 Å². The summed E-state index contributed by atoms with van der Waals surface area (Å²) in [6, 6.07) is 7.12. The van der Waals surface area contributed by atoms with Gasteiger partial charge in [-0.1, -0.05) is 24.3 Å². The van der Waals surface area contributed by atoms with Gasteiger partial charge in [-0.15, -0.1) is 10.0 Å². The van der Waals surface area contributed by atoms with E-state index in [9.17, 15) is 19.6 Å². The van der Waals surface area contributed by atoms with Crippen LogP contribution in [0, 0.1) is 10.7 Å². The standard InChI is InChI=1S/C23H28N4O3S/c1-15(17-6-8-18(9-7-17)22-16(2)31(22,3)14-25)26-23(30)20-5-4-12-27(20)21(29)13-19(28)10-11-24/h6-11,15,20H,4-5,12-13,24H2,1-3H3,(H,26,30)/b11-10-. The van der Waals surface area contributed by atoms with Crippen LogP contribution in [0.4, 0.5) is 0 Å². The highest BCUT2D eigenvalue weighted by Gasteiger charge is 2.42. The summed E-state index contributed by atoms with van der Waals surface area (Å²) in [5.74, 6) is -0.942. The molecule has 1 aromatic carbocycles. The van der Waals surface area contributed by atoms with Gasteiger partial charge in [-0.25, -0.2) is 0 Å². The number of benzene rings is 1. The fourth-order valence-corrected chi connectivity index (χ4v) is 6.21. The highest BCUT2D eigenvalue weighted by atomic mass is 32.3. The first-order chi connectivity index (χ1) is 14.7. The molecule has 0 spiro atoms. The summed E-state index contributed by atoms with van der Waals surface area (Å²) in [6.07, 6.45) is 5.29. The Morgan fingerprint density at radius 3 is 2.61 bits per heavy atom. The van der Waals surface area contributed by atoms with E-state index in [2.05, 4.69) is 10.7 Å². The third-order valence-corrected chi connectivity index (χ3v) is 8.94. The lowest BCUT2D eigenvalue weighted by Gasteiger charge is -2.25. The number of ketones is 1. The average Bonchev–Trinajstić information content (AvgIpc) is 3.08. The molecule has 0 bridgehead atoms. The average molecular weight is 441 g/mol. The number of nitrogens with zero attached hydrogens (tertiary/aromatic N) is 2.